The fraction of sp³-hybridized carbons (Fsp3) is 0.588. The molecular formula is C17H25NO2. The zero-order valence-electron chi connectivity index (χ0n) is 12.3. The minimum absolute atomic E-state index is 0.426. The molecule has 1 aromatic carbocycles. The summed E-state index contributed by atoms with van der Waals surface area (Å²) in [7, 11) is 2.08. The molecule has 1 aliphatic rings. The highest BCUT2D eigenvalue weighted by Gasteiger charge is 2.25. The van der Waals surface area contributed by atoms with E-state index < -0.39 is 11.9 Å². The summed E-state index contributed by atoms with van der Waals surface area (Å²) in [6.07, 6.45) is 7.61. The third-order valence-electron chi connectivity index (χ3n) is 4.42. The molecule has 0 bridgehead atoms. The molecule has 3 heteroatoms. The van der Waals surface area contributed by atoms with E-state index in [1.165, 1.54) is 38.5 Å². The molecule has 1 saturated carbocycles. The summed E-state index contributed by atoms with van der Waals surface area (Å²) < 4.78 is 0. The Kier molecular flexibility index (Phi) is 5.60. The highest BCUT2D eigenvalue weighted by molar-refractivity contribution is 5.76. The van der Waals surface area contributed by atoms with Gasteiger partial charge < -0.3 is 10.0 Å². The molecule has 0 radical (unpaired) electrons. The van der Waals surface area contributed by atoms with Gasteiger partial charge in [-0.25, -0.2) is 0 Å². The highest BCUT2D eigenvalue weighted by atomic mass is 16.4. The van der Waals surface area contributed by atoms with Crippen LogP contribution in [0.5, 0.6) is 0 Å². The van der Waals surface area contributed by atoms with Crippen LogP contribution >= 0.6 is 0 Å². The summed E-state index contributed by atoms with van der Waals surface area (Å²) in [5.41, 5.74) is 0.903. The van der Waals surface area contributed by atoms with Crippen LogP contribution in [-0.4, -0.2) is 35.6 Å². The van der Waals surface area contributed by atoms with E-state index in [1.807, 2.05) is 30.3 Å². The molecule has 3 nitrogen and oxygen atoms in total. The lowest BCUT2D eigenvalue weighted by atomic mass is 9.97. The normalized spacial score (nSPS) is 18.7. The first-order chi connectivity index (χ1) is 9.68. The summed E-state index contributed by atoms with van der Waals surface area (Å²) in [5, 5.41) is 9.50. The van der Waals surface area contributed by atoms with Crippen molar-refractivity contribution in [3.63, 3.8) is 0 Å². The maximum Gasteiger partial charge on any atom is 0.312 e. The lowest BCUT2D eigenvalue weighted by molar-refractivity contribution is -0.139. The van der Waals surface area contributed by atoms with Crippen LogP contribution in [0.25, 0.3) is 0 Å². The van der Waals surface area contributed by atoms with Gasteiger partial charge in [0, 0.05) is 12.6 Å². The van der Waals surface area contributed by atoms with Crippen molar-refractivity contribution in [3.05, 3.63) is 35.9 Å². The Morgan fingerprint density at radius 1 is 1.20 bits per heavy atom. The molecular weight excluding hydrogens is 250 g/mol. The Morgan fingerprint density at radius 3 is 2.35 bits per heavy atom. The van der Waals surface area contributed by atoms with Crippen molar-refractivity contribution in [2.75, 3.05) is 13.6 Å². The van der Waals surface area contributed by atoms with E-state index in [0.29, 0.717) is 12.6 Å². The van der Waals surface area contributed by atoms with Crippen LogP contribution in [0.4, 0.5) is 0 Å². The van der Waals surface area contributed by atoms with E-state index >= 15 is 0 Å². The van der Waals surface area contributed by atoms with Crippen LogP contribution in [-0.2, 0) is 4.79 Å². The van der Waals surface area contributed by atoms with Gasteiger partial charge in [-0.2, -0.15) is 0 Å². The topological polar surface area (TPSA) is 40.5 Å². The zero-order chi connectivity index (χ0) is 14.4. The molecule has 1 aromatic rings. The van der Waals surface area contributed by atoms with Crippen LogP contribution in [0.1, 0.15) is 50.0 Å². The van der Waals surface area contributed by atoms with Gasteiger partial charge in [0.15, 0.2) is 0 Å². The van der Waals surface area contributed by atoms with Gasteiger partial charge in [0.05, 0.1) is 5.92 Å². The van der Waals surface area contributed by atoms with Crippen LogP contribution < -0.4 is 0 Å². The Bertz CT molecular complexity index is 410. The van der Waals surface area contributed by atoms with E-state index in [-0.39, 0.29) is 0 Å². The molecule has 0 saturated heterocycles. The zero-order valence-corrected chi connectivity index (χ0v) is 12.3. The number of rotatable bonds is 5. The van der Waals surface area contributed by atoms with Gasteiger partial charge >= 0.3 is 5.97 Å². The second kappa shape index (κ2) is 7.44. The number of nitrogens with zero attached hydrogens (tertiary/aromatic N) is 1. The smallest absolute Gasteiger partial charge is 0.312 e. The Hall–Kier alpha value is -1.35. The number of carbonyl (C=O) groups is 1. The number of aliphatic carboxylic acids is 1. The molecule has 0 aromatic heterocycles. The molecule has 0 heterocycles. The number of benzene rings is 1. The molecule has 0 aliphatic heterocycles. The SMILES string of the molecule is CN(CC(C(=O)O)c1ccccc1)C1CCCCCC1. The minimum atomic E-state index is -0.725. The monoisotopic (exact) mass is 275 g/mol. The van der Waals surface area contributed by atoms with Crippen LogP contribution in [0, 0.1) is 0 Å². The molecule has 1 aliphatic carbocycles. The van der Waals surface area contributed by atoms with Crippen molar-refractivity contribution >= 4 is 5.97 Å². The Balaban J connectivity index is 2.02. The summed E-state index contributed by atoms with van der Waals surface area (Å²) in [4.78, 5) is 13.8. The van der Waals surface area contributed by atoms with Crippen molar-refractivity contribution in [1.29, 1.82) is 0 Å². The number of carboxylic acid groups (broad SMARTS) is 1. The van der Waals surface area contributed by atoms with Gasteiger partial charge in [0.2, 0.25) is 0 Å². The summed E-state index contributed by atoms with van der Waals surface area (Å²) in [6, 6.07) is 10.1. The lowest BCUT2D eigenvalue weighted by Crippen LogP contribution is -2.36. The Morgan fingerprint density at radius 2 is 1.80 bits per heavy atom. The fourth-order valence-electron chi connectivity index (χ4n) is 3.15. The number of hydrogen-bond donors (Lipinski definition) is 1. The molecule has 1 fully saturated rings. The second-order valence-corrected chi connectivity index (χ2v) is 5.89. The van der Waals surface area contributed by atoms with Crippen molar-refractivity contribution in [2.45, 2.75) is 50.5 Å². The first-order valence-electron chi connectivity index (χ1n) is 7.66. The van der Waals surface area contributed by atoms with Crippen molar-refractivity contribution in [2.24, 2.45) is 0 Å². The van der Waals surface area contributed by atoms with Crippen molar-refractivity contribution in [3.8, 4) is 0 Å². The predicted molar refractivity (Wildman–Crippen MR) is 80.9 cm³/mol. The molecule has 1 unspecified atom stereocenters. The third kappa shape index (κ3) is 4.07. The second-order valence-electron chi connectivity index (χ2n) is 5.89. The molecule has 110 valence electrons. The number of likely N-dealkylation sites (N-methyl/N-ethyl adjacent to an activating group) is 1. The van der Waals surface area contributed by atoms with E-state index in [1.54, 1.807) is 0 Å². The molecule has 1 N–H and O–H groups in total. The van der Waals surface area contributed by atoms with E-state index in [9.17, 15) is 9.90 Å². The number of hydrogen-bond acceptors (Lipinski definition) is 2. The van der Waals surface area contributed by atoms with Crippen LogP contribution in [0.2, 0.25) is 0 Å². The maximum absolute atomic E-state index is 11.6. The van der Waals surface area contributed by atoms with Gasteiger partial charge in [-0.1, -0.05) is 56.0 Å². The molecule has 20 heavy (non-hydrogen) atoms. The quantitative estimate of drug-likeness (QED) is 0.836. The highest BCUT2D eigenvalue weighted by Crippen LogP contribution is 2.24. The Labute approximate surface area is 121 Å². The third-order valence-corrected chi connectivity index (χ3v) is 4.42. The molecule has 0 spiro atoms. The van der Waals surface area contributed by atoms with E-state index in [0.717, 1.165) is 5.56 Å². The first-order valence-corrected chi connectivity index (χ1v) is 7.66. The maximum atomic E-state index is 11.6. The van der Waals surface area contributed by atoms with Crippen molar-refractivity contribution < 1.29 is 9.90 Å². The first kappa shape index (κ1) is 15.0. The summed E-state index contributed by atoms with van der Waals surface area (Å²) in [5.74, 6) is -1.15. The van der Waals surface area contributed by atoms with Gasteiger partial charge in [0.1, 0.15) is 0 Å². The lowest BCUT2D eigenvalue weighted by Gasteiger charge is -2.29. The van der Waals surface area contributed by atoms with Crippen LogP contribution in [0.15, 0.2) is 30.3 Å². The van der Waals surface area contributed by atoms with Gasteiger partial charge in [0.25, 0.3) is 0 Å². The summed E-state index contributed by atoms with van der Waals surface area (Å²) in [6.45, 7) is 0.601. The predicted octanol–water partition coefficient (Wildman–Crippen LogP) is 3.51. The summed E-state index contributed by atoms with van der Waals surface area (Å²) >= 11 is 0. The number of carboxylic acids is 1. The largest absolute Gasteiger partial charge is 0.481 e. The van der Waals surface area contributed by atoms with Gasteiger partial charge in [-0.15, -0.1) is 0 Å². The van der Waals surface area contributed by atoms with Crippen molar-refractivity contribution in [1.82, 2.24) is 4.90 Å². The van der Waals surface area contributed by atoms with Crippen LogP contribution in [0.3, 0.4) is 0 Å². The van der Waals surface area contributed by atoms with Gasteiger partial charge in [-0.05, 0) is 25.5 Å². The average molecular weight is 275 g/mol. The standard InChI is InChI=1S/C17H25NO2/c1-18(15-11-7-2-3-8-12-15)13-16(17(19)20)14-9-5-4-6-10-14/h4-6,9-10,15-16H,2-3,7-8,11-13H2,1H3,(H,19,20). The molecule has 0 amide bonds. The fourth-order valence-corrected chi connectivity index (χ4v) is 3.15. The average Bonchev–Trinajstić information content (AvgIpc) is 2.74. The van der Waals surface area contributed by atoms with E-state index in [4.69, 9.17) is 0 Å². The molecule has 2 rings (SSSR count). The van der Waals surface area contributed by atoms with E-state index in [2.05, 4.69) is 11.9 Å². The minimum Gasteiger partial charge on any atom is -0.481 e. The molecule has 1 atom stereocenters. The van der Waals surface area contributed by atoms with Gasteiger partial charge in [-0.3, -0.25) is 4.79 Å².